The molecule has 0 bridgehead atoms. The number of piperazine rings is 1. The molecule has 1 heterocycles. The topological polar surface area (TPSA) is 60.3 Å². The number of hydrogen-bond donors (Lipinski definition) is 1. The Kier molecular flexibility index (Phi) is 6.82. The van der Waals surface area contributed by atoms with Gasteiger partial charge in [0, 0.05) is 5.56 Å². The van der Waals surface area contributed by atoms with Crippen LogP contribution in [0, 0.1) is 6.92 Å². The van der Waals surface area contributed by atoms with Crippen LogP contribution < -0.4 is 14.4 Å². The Morgan fingerprint density at radius 1 is 1.00 bits per heavy atom. The quantitative estimate of drug-likeness (QED) is 0.742. The van der Waals surface area contributed by atoms with E-state index < -0.39 is 10.0 Å². The van der Waals surface area contributed by atoms with Crippen LogP contribution in [0.5, 0.6) is 11.5 Å². The lowest BCUT2D eigenvalue weighted by Gasteiger charge is -2.32. The van der Waals surface area contributed by atoms with Gasteiger partial charge in [-0.2, -0.15) is 4.31 Å². The lowest BCUT2D eigenvalue weighted by atomic mass is 10.1. The summed E-state index contributed by atoms with van der Waals surface area (Å²) in [5, 5.41) is 0. The van der Waals surface area contributed by atoms with Crippen molar-refractivity contribution >= 4 is 10.0 Å². The van der Waals surface area contributed by atoms with E-state index >= 15 is 0 Å². The summed E-state index contributed by atoms with van der Waals surface area (Å²) >= 11 is 0. The van der Waals surface area contributed by atoms with E-state index in [1.165, 1.54) is 10.5 Å². The molecule has 1 N–H and O–H groups in total. The highest BCUT2D eigenvalue weighted by molar-refractivity contribution is 7.89. The van der Waals surface area contributed by atoms with Crippen molar-refractivity contribution in [1.29, 1.82) is 0 Å². The van der Waals surface area contributed by atoms with Crippen LogP contribution in [0.4, 0.5) is 0 Å². The van der Waals surface area contributed by atoms with E-state index in [0.717, 1.165) is 48.7 Å². The first kappa shape index (κ1) is 21.6. The molecule has 0 saturated carbocycles. The highest BCUT2D eigenvalue weighted by Gasteiger charge is 2.30. The van der Waals surface area contributed by atoms with E-state index in [9.17, 15) is 8.42 Å². The average molecular weight is 420 g/mol. The van der Waals surface area contributed by atoms with Crippen molar-refractivity contribution in [3.63, 3.8) is 0 Å². The van der Waals surface area contributed by atoms with Crippen molar-refractivity contribution in [3.8, 4) is 11.5 Å². The van der Waals surface area contributed by atoms with Crippen molar-refractivity contribution in [3.05, 3.63) is 53.1 Å². The van der Waals surface area contributed by atoms with E-state index in [1.807, 2.05) is 24.3 Å². The van der Waals surface area contributed by atoms with E-state index in [4.69, 9.17) is 9.47 Å². The Morgan fingerprint density at radius 2 is 1.59 bits per heavy atom. The molecule has 0 aliphatic carbocycles. The highest BCUT2D eigenvalue weighted by Crippen LogP contribution is 2.30. The van der Waals surface area contributed by atoms with Crippen molar-refractivity contribution in [2.24, 2.45) is 0 Å². The molecular weight excluding hydrogens is 388 g/mol. The van der Waals surface area contributed by atoms with Gasteiger partial charge in [-0.3, -0.25) is 0 Å². The average Bonchev–Trinajstić information content (AvgIpc) is 2.75. The monoisotopic (exact) mass is 419 g/mol. The number of rotatable bonds is 7. The molecule has 158 valence electrons. The van der Waals surface area contributed by atoms with E-state index in [1.54, 1.807) is 30.7 Å². The molecule has 1 aliphatic heterocycles. The summed E-state index contributed by atoms with van der Waals surface area (Å²) in [6.45, 7) is 7.58. The second kappa shape index (κ2) is 9.15. The minimum absolute atomic E-state index is 0.383. The number of methoxy groups -OCH3 is 2. The predicted molar refractivity (Wildman–Crippen MR) is 113 cm³/mol. The van der Waals surface area contributed by atoms with Gasteiger partial charge in [0.05, 0.1) is 45.3 Å². The first-order chi connectivity index (χ1) is 13.9. The normalized spacial score (nSPS) is 16.0. The summed E-state index contributed by atoms with van der Waals surface area (Å²) in [6.07, 6.45) is 0.901. The maximum absolute atomic E-state index is 12.9. The third kappa shape index (κ3) is 4.74. The Labute approximate surface area is 174 Å². The Balaban J connectivity index is 1.66. The number of aryl methyl sites for hydroxylation is 2. The third-order valence-electron chi connectivity index (χ3n) is 5.68. The lowest BCUT2D eigenvalue weighted by molar-refractivity contribution is -0.917. The van der Waals surface area contributed by atoms with Crippen LogP contribution in [0.2, 0.25) is 0 Å². The smallest absolute Gasteiger partial charge is 0.243 e. The number of hydrogen-bond acceptors (Lipinski definition) is 4. The fourth-order valence-corrected chi connectivity index (χ4v) is 5.19. The molecule has 0 radical (unpaired) electrons. The highest BCUT2D eigenvalue weighted by atomic mass is 32.2. The van der Waals surface area contributed by atoms with Crippen molar-refractivity contribution in [2.75, 3.05) is 40.4 Å². The number of nitrogens with zero attached hydrogens (tertiary/aromatic N) is 1. The van der Waals surface area contributed by atoms with Gasteiger partial charge in [-0.15, -0.1) is 0 Å². The van der Waals surface area contributed by atoms with Crippen molar-refractivity contribution < 1.29 is 22.8 Å². The molecule has 0 atom stereocenters. The van der Waals surface area contributed by atoms with Gasteiger partial charge in [0.25, 0.3) is 0 Å². The molecule has 2 aromatic carbocycles. The number of quaternary nitrogens is 1. The van der Waals surface area contributed by atoms with Crippen LogP contribution in [0.3, 0.4) is 0 Å². The van der Waals surface area contributed by atoms with Gasteiger partial charge in [-0.05, 0) is 48.7 Å². The second-order valence-corrected chi connectivity index (χ2v) is 9.40. The summed E-state index contributed by atoms with van der Waals surface area (Å²) in [5.41, 5.74) is 3.49. The van der Waals surface area contributed by atoms with Crippen LogP contribution >= 0.6 is 0 Å². The molecular formula is C22H31N2O4S+. The molecule has 0 amide bonds. The number of nitrogens with one attached hydrogen (secondary N) is 1. The molecule has 3 rings (SSSR count). The van der Waals surface area contributed by atoms with Crippen LogP contribution in [0.15, 0.2) is 41.3 Å². The maximum Gasteiger partial charge on any atom is 0.243 e. The zero-order valence-corrected chi connectivity index (χ0v) is 18.5. The van der Waals surface area contributed by atoms with Gasteiger partial charge < -0.3 is 14.4 Å². The van der Waals surface area contributed by atoms with Gasteiger partial charge in [-0.25, -0.2) is 8.42 Å². The van der Waals surface area contributed by atoms with Gasteiger partial charge in [-0.1, -0.05) is 19.1 Å². The van der Waals surface area contributed by atoms with Gasteiger partial charge >= 0.3 is 0 Å². The van der Waals surface area contributed by atoms with Crippen LogP contribution in [-0.4, -0.2) is 53.1 Å². The third-order valence-corrected chi connectivity index (χ3v) is 7.59. The second-order valence-electron chi connectivity index (χ2n) is 7.46. The standard InChI is InChI=1S/C22H30N2O4S/c1-5-18-6-8-20(9-7-18)29(25,26)24-12-10-23(11-13-24)16-19-15-22(28-4)21(27-3)14-17(19)2/h6-9,14-15H,5,10-13,16H2,1-4H3/p+1. The van der Waals surface area contributed by atoms with Crippen LogP contribution in [-0.2, 0) is 23.0 Å². The van der Waals surface area contributed by atoms with Crippen LogP contribution in [0.25, 0.3) is 0 Å². The fourth-order valence-electron chi connectivity index (χ4n) is 3.75. The van der Waals surface area contributed by atoms with Gasteiger partial charge in [0.1, 0.15) is 6.54 Å². The maximum atomic E-state index is 12.9. The molecule has 7 heteroatoms. The van der Waals surface area contributed by atoms with E-state index in [-0.39, 0.29) is 0 Å². The summed E-state index contributed by atoms with van der Waals surface area (Å²) in [6, 6.07) is 11.3. The minimum Gasteiger partial charge on any atom is -0.493 e. The number of sulfonamides is 1. The fraction of sp³-hybridized carbons (Fsp3) is 0.455. The zero-order valence-electron chi connectivity index (χ0n) is 17.7. The zero-order chi connectivity index (χ0) is 21.0. The Bertz CT molecular complexity index is 934. The molecule has 2 aromatic rings. The molecule has 6 nitrogen and oxygen atoms in total. The van der Waals surface area contributed by atoms with E-state index in [2.05, 4.69) is 13.8 Å². The molecule has 29 heavy (non-hydrogen) atoms. The Morgan fingerprint density at radius 3 is 2.14 bits per heavy atom. The first-order valence-corrected chi connectivity index (χ1v) is 11.5. The van der Waals surface area contributed by atoms with Crippen molar-refractivity contribution in [2.45, 2.75) is 31.7 Å². The SMILES string of the molecule is CCc1ccc(S(=O)(=O)N2CC[NH+](Cc3cc(OC)c(OC)cc3C)CC2)cc1. The van der Waals surface area contributed by atoms with Crippen molar-refractivity contribution in [1.82, 2.24) is 4.31 Å². The summed E-state index contributed by atoms with van der Waals surface area (Å²) < 4.78 is 38.3. The molecule has 1 saturated heterocycles. The first-order valence-electron chi connectivity index (χ1n) is 10.0. The van der Waals surface area contributed by atoms with Gasteiger partial charge in [0.15, 0.2) is 11.5 Å². The molecule has 0 unspecified atom stereocenters. The summed E-state index contributed by atoms with van der Waals surface area (Å²) in [5.74, 6) is 1.46. The molecule has 1 fully saturated rings. The molecule has 1 aliphatic rings. The summed E-state index contributed by atoms with van der Waals surface area (Å²) in [7, 11) is -0.152. The predicted octanol–water partition coefficient (Wildman–Crippen LogP) is 1.66. The number of ether oxygens (including phenoxy) is 2. The molecule has 0 spiro atoms. The largest absolute Gasteiger partial charge is 0.493 e. The minimum atomic E-state index is -3.43. The summed E-state index contributed by atoms with van der Waals surface area (Å²) in [4.78, 5) is 1.75. The van der Waals surface area contributed by atoms with E-state index in [0.29, 0.717) is 18.0 Å². The van der Waals surface area contributed by atoms with Crippen LogP contribution in [0.1, 0.15) is 23.6 Å². The number of benzene rings is 2. The Hall–Kier alpha value is -2.09. The van der Waals surface area contributed by atoms with Gasteiger partial charge in [0.2, 0.25) is 10.0 Å². The molecule has 0 aromatic heterocycles. The lowest BCUT2D eigenvalue weighted by Crippen LogP contribution is -3.13.